The Morgan fingerprint density at radius 3 is 2.88 bits per heavy atom. The molecule has 2 rings (SSSR count). The topological polar surface area (TPSA) is 54.3 Å². The van der Waals surface area contributed by atoms with E-state index in [2.05, 4.69) is 11.4 Å². The second kappa shape index (κ2) is 4.75. The lowest BCUT2D eigenvalue weighted by Crippen LogP contribution is -2.16. The Kier molecular flexibility index (Phi) is 3.16. The van der Waals surface area contributed by atoms with Crippen molar-refractivity contribution < 1.29 is 9.47 Å². The fraction of sp³-hybridized carbons (Fsp3) is 0.417. The van der Waals surface area contributed by atoms with Crippen molar-refractivity contribution in [3.05, 3.63) is 18.2 Å². The molecule has 16 heavy (non-hydrogen) atoms. The normalized spacial score (nSPS) is 15.0. The van der Waals surface area contributed by atoms with Gasteiger partial charge in [-0.1, -0.05) is 0 Å². The van der Waals surface area contributed by atoms with Gasteiger partial charge in [0.05, 0.1) is 12.0 Å². The summed E-state index contributed by atoms with van der Waals surface area (Å²) in [5.74, 6) is 1.54. The summed E-state index contributed by atoms with van der Waals surface area (Å²) in [5, 5.41) is 11.9. The lowest BCUT2D eigenvalue weighted by Gasteiger charge is -2.19. The number of hydrogen-bond donors (Lipinski definition) is 1. The first-order valence-electron chi connectivity index (χ1n) is 5.33. The molecule has 84 valence electrons. The van der Waals surface area contributed by atoms with Gasteiger partial charge in [0.15, 0.2) is 11.5 Å². The minimum absolute atomic E-state index is 0.00630. The van der Waals surface area contributed by atoms with Crippen molar-refractivity contribution in [1.82, 2.24) is 0 Å². The maximum Gasteiger partial charge on any atom is 0.163 e. The zero-order chi connectivity index (χ0) is 11.4. The minimum atomic E-state index is -0.00630. The highest BCUT2D eigenvalue weighted by Crippen LogP contribution is 2.32. The molecule has 0 aliphatic carbocycles. The molecule has 1 aromatic rings. The number of nitrogens with one attached hydrogen (secondary N) is 1. The maximum absolute atomic E-state index is 8.67. The summed E-state index contributed by atoms with van der Waals surface area (Å²) >= 11 is 0. The molecule has 1 heterocycles. The second-order valence-corrected chi connectivity index (χ2v) is 3.77. The molecule has 4 heteroatoms. The molecule has 0 aromatic heterocycles. The molecule has 1 atom stereocenters. The number of hydrogen-bond acceptors (Lipinski definition) is 4. The van der Waals surface area contributed by atoms with Gasteiger partial charge in [0.1, 0.15) is 13.2 Å². The largest absolute Gasteiger partial charge is 0.486 e. The molecule has 0 radical (unpaired) electrons. The van der Waals surface area contributed by atoms with Gasteiger partial charge in [-0.15, -0.1) is 0 Å². The predicted octanol–water partition coefficient (Wildman–Crippen LogP) is 2.03. The Hall–Kier alpha value is -1.89. The standard InChI is InChI=1S/C12H14N2O2/c1-9(7-13)8-14-10-2-3-11-12(6-10)16-5-4-15-11/h2-3,6,9,14H,4-5,8H2,1H3. The zero-order valence-corrected chi connectivity index (χ0v) is 9.19. The quantitative estimate of drug-likeness (QED) is 0.843. The van der Waals surface area contributed by atoms with Crippen LogP contribution in [0.2, 0.25) is 0 Å². The van der Waals surface area contributed by atoms with Gasteiger partial charge in [0.25, 0.3) is 0 Å². The van der Waals surface area contributed by atoms with Crippen molar-refractivity contribution in [3.8, 4) is 17.6 Å². The summed E-state index contributed by atoms with van der Waals surface area (Å²) < 4.78 is 10.9. The molecule has 1 aliphatic rings. The highest BCUT2D eigenvalue weighted by Gasteiger charge is 2.11. The fourth-order valence-corrected chi connectivity index (χ4v) is 1.47. The molecular formula is C12H14N2O2. The van der Waals surface area contributed by atoms with Crippen LogP contribution in [0.1, 0.15) is 6.92 Å². The van der Waals surface area contributed by atoms with E-state index in [9.17, 15) is 0 Å². The summed E-state index contributed by atoms with van der Waals surface area (Å²) in [6.07, 6.45) is 0. The molecule has 0 saturated carbocycles. The van der Waals surface area contributed by atoms with E-state index in [0.29, 0.717) is 19.8 Å². The lowest BCUT2D eigenvalue weighted by molar-refractivity contribution is 0.171. The van der Waals surface area contributed by atoms with Crippen LogP contribution in [-0.4, -0.2) is 19.8 Å². The van der Waals surface area contributed by atoms with Gasteiger partial charge >= 0.3 is 0 Å². The van der Waals surface area contributed by atoms with Crippen LogP contribution in [0.15, 0.2) is 18.2 Å². The van der Waals surface area contributed by atoms with Crippen LogP contribution < -0.4 is 14.8 Å². The van der Waals surface area contributed by atoms with Crippen LogP contribution in [0.25, 0.3) is 0 Å². The second-order valence-electron chi connectivity index (χ2n) is 3.77. The van der Waals surface area contributed by atoms with E-state index in [-0.39, 0.29) is 5.92 Å². The Bertz CT molecular complexity index is 412. The van der Waals surface area contributed by atoms with E-state index in [1.807, 2.05) is 25.1 Å². The molecule has 4 nitrogen and oxygen atoms in total. The number of anilines is 1. The van der Waals surface area contributed by atoms with Gasteiger partial charge in [-0.05, 0) is 19.1 Å². The molecular weight excluding hydrogens is 204 g/mol. The number of rotatable bonds is 3. The molecule has 0 amide bonds. The SMILES string of the molecule is CC(C#N)CNc1ccc2c(c1)OCCO2. The van der Waals surface area contributed by atoms with Crippen molar-refractivity contribution in [2.45, 2.75) is 6.92 Å². The number of nitriles is 1. The molecule has 0 bridgehead atoms. The molecule has 0 saturated heterocycles. The average molecular weight is 218 g/mol. The van der Waals surface area contributed by atoms with Gasteiger partial charge in [-0.2, -0.15) is 5.26 Å². The van der Waals surface area contributed by atoms with Crippen LogP contribution in [0.4, 0.5) is 5.69 Å². The van der Waals surface area contributed by atoms with Crippen LogP contribution >= 0.6 is 0 Å². The summed E-state index contributed by atoms with van der Waals surface area (Å²) in [7, 11) is 0. The van der Waals surface area contributed by atoms with Gasteiger partial charge in [0.2, 0.25) is 0 Å². The van der Waals surface area contributed by atoms with Crippen molar-refractivity contribution in [1.29, 1.82) is 5.26 Å². The van der Waals surface area contributed by atoms with Gasteiger partial charge in [-0.25, -0.2) is 0 Å². The molecule has 0 fully saturated rings. The zero-order valence-electron chi connectivity index (χ0n) is 9.19. The third-order valence-electron chi connectivity index (χ3n) is 2.37. The number of benzene rings is 1. The molecule has 0 spiro atoms. The smallest absolute Gasteiger partial charge is 0.163 e. The van der Waals surface area contributed by atoms with E-state index < -0.39 is 0 Å². The Morgan fingerprint density at radius 2 is 2.12 bits per heavy atom. The van der Waals surface area contributed by atoms with Crippen LogP contribution in [0.5, 0.6) is 11.5 Å². The number of nitrogens with zero attached hydrogens (tertiary/aromatic N) is 1. The van der Waals surface area contributed by atoms with E-state index in [1.165, 1.54) is 0 Å². The van der Waals surface area contributed by atoms with E-state index in [1.54, 1.807) is 0 Å². The Labute approximate surface area is 94.8 Å². The molecule has 1 N–H and O–H groups in total. The molecule has 1 aliphatic heterocycles. The lowest BCUT2D eigenvalue weighted by atomic mass is 10.2. The third kappa shape index (κ3) is 2.37. The van der Waals surface area contributed by atoms with E-state index in [4.69, 9.17) is 14.7 Å². The van der Waals surface area contributed by atoms with Crippen molar-refractivity contribution in [2.24, 2.45) is 5.92 Å². The first-order chi connectivity index (χ1) is 7.79. The average Bonchev–Trinajstić information content (AvgIpc) is 2.35. The maximum atomic E-state index is 8.67. The molecule has 1 aromatic carbocycles. The number of ether oxygens (including phenoxy) is 2. The van der Waals surface area contributed by atoms with Crippen LogP contribution in [0.3, 0.4) is 0 Å². The predicted molar refractivity (Wildman–Crippen MR) is 60.7 cm³/mol. The third-order valence-corrected chi connectivity index (χ3v) is 2.37. The van der Waals surface area contributed by atoms with Crippen molar-refractivity contribution in [3.63, 3.8) is 0 Å². The van der Waals surface area contributed by atoms with Gasteiger partial charge < -0.3 is 14.8 Å². The Morgan fingerprint density at radius 1 is 1.38 bits per heavy atom. The molecule has 1 unspecified atom stereocenters. The Balaban J connectivity index is 2.03. The summed E-state index contributed by atoms with van der Waals surface area (Å²) in [6.45, 7) is 3.71. The highest BCUT2D eigenvalue weighted by atomic mass is 16.6. The summed E-state index contributed by atoms with van der Waals surface area (Å²) in [5.41, 5.74) is 0.950. The van der Waals surface area contributed by atoms with Gasteiger partial charge in [-0.3, -0.25) is 0 Å². The summed E-state index contributed by atoms with van der Waals surface area (Å²) in [6, 6.07) is 7.89. The van der Waals surface area contributed by atoms with Crippen LogP contribution in [0, 0.1) is 17.2 Å². The van der Waals surface area contributed by atoms with Crippen LogP contribution in [-0.2, 0) is 0 Å². The van der Waals surface area contributed by atoms with Gasteiger partial charge in [0, 0.05) is 18.3 Å². The van der Waals surface area contributed by atoms with E-state index >= 15 is 0 Å². The van der Waals surface area contributed by atoms with Crippen molar-refractivity contribution in [2.75, 3.05) is 25.1 Å². The minimum Gasteiger partial charge on any atom is -0.486 e. The van der Waals surface area contributed by atoms with Crippen molar-refractivity contribution >= 4 is 5.69 Å². The monoisotopic (exact) mass is 218 g/mol. The fourth-order valence-electron chi connectivity index (χ4n) is 1.47. The first-order valence-corrected chi connectivity index (χ1v) is 5.33. The highest BCUT2D eigenvalue weighted by molar-refractivity contribution is 5.55. The summed E-state index contributed by atoms with van der Waals surface area (Å²) in [4.78, 5) is 0. The first kappa shape index (κ1) is 10.6. The van der Waals surface area contributed by atoms with E-state index in [0.717, 1.165) is 17.2 Å². The number of fused-ring (bicyclic) bond motifs is 1.